The molecule has 3 heteroatoms. The van der Waals surface area contributed by atoms with Crippen LogP contribution in [0.1, 0.15) is 33.6 Å². The highest BCUT2D eigenvalue weighted by Crippen LogP contribution is 2.01. The minimum atomic E-state index is 0.614. The van der Waals surface area contributed by atoms with E-state index in [1.54, 1.807) is 0 Å². The largest absolute Gasteiger partial charge is 0.382 e. The van der Waals surface area contributed by atoms with Crippen molar-refractivity contribution in [2.75, 3.05) is 32.8 Å². The molecule has 0 spiro atoms. The Morgan fingerprint density at radius 2 is 1.86 bits per heavy atom. The number of nitrogens with two attached hydrogens (primary N) is 1. The van der Waals surface area contributed by atoms with Gasteiger partial charge in [-0.1, -0.05) is 0 Å². The molecule has 0 aromatic rings. The number of ether oxygens (including phenoxy) is 1. The lowest BCUT2D eigenvalue weighted by molar-refractivity contribution is 0.125. The van der Waals surface area contributed by atoms with Gasteiger partial charge < -0.3 is 15.4 Å². The molecule has 2 N–H and O–H groups in total. The minimum Gasteiger partial charge on any atom is -0.382 e. The summed E-state index contributed by atoms with van der Waals surface area (Å²) < 4.78 is 5.32. The third kappa shape index (κ3) is 7.30. The normalized spacial score (nSPS) is 11.6. The van der Waals surface area contributed by atoms with Crippen molar-refractivity contribution in [1.29, 1.82) is 0 Å². The maximum Gasteiger partial charge on any atom is 0.0478 e. The SMILES string of the molecule is CCOCCCN(CCCN)C(C)C. The Morgan fingerprint density at radius 3 is 2.36 bits per heavy atom. The summed E-state index contributed by atoms with van der Waals surface area (Å²) in [5.41, 5.74) is 5.50. The van der Waals surface area contributed by atoms with Crippen molar-refractivity contribution >= 4 is 0 Å². The quantitative estimate of drug-likeness (QED) is 0.575. The van der Waals surface area contributed by atoms with Gasteiger partial charge in [-0.2, -0.15) is 0 Å². The number of hydrogen-bond acceptors (Lipinski definition) is 3. The van der Waals surface area contributed by atoms with E-state index < -0.39 is 0 Å². The summed E-state index contributed by atoms with van der Waals surface area (Å²) >= 11 is 0. The number of nitrogens with zero attached hydrogens (tertiary/aromatic N) is 1. The lowest BCUT2D eigenvalue weighted by Crippen LogP contribution is -2.34. The second kappa shape index (κ2) is 9.44. The Labute approximate surface area is 88.6 Å². The fourth-order valence-corrected chi connectivity index (χ4v) is 1.44. The summed E-state index contributed by atoms with van der Waals surface area (Å²) in [4.78, 5) is 2.46. The molecular formula is C11H26N2O. The van der Waals surface area contributed by atoms with Gasteiger partial charge in [0, 0.05) is 25.8 Å². The summed E-state index contributed by atoms with van der Waals surface area (Å²) in [5.74, 6) is 0. The van der Waals surface area contributed by atoms with E-state index in [2.05, 4.69) is 18.7 Å². The molecule has 0 aromatic carbocycles. The Bertz CT molecular complexity index is 118. The average Bonchev–Trinajstić information content (AvgIpc) is 2.16. The first-order chi connectivity index (χ1) is 6.72. The van der Waals surface area contributed by atoms with E-state index in [1.165, 1.54) is 0 Å². The van der Waals surface area contributed by atoms with Crippen molar-refractivity contribution < 1.29 is 4.74 Å². The topological polar surface area (TPSA) is 38.5 Å². The van der Waals surface area contributed by atoms with Crippen LogP contribution in [0.3, 0.4) is 0 Å². The van der Waals surface area contributed by atoms with E-state index in [0.29, 0.717) is 6.04 Å². The summed E-state index contributed by atoms with van der Waals surface area (Å²) in [6.07, 6.45) is 2.21. The van der Waals surface area contributed by atoms with E-state index >= 15 is 0 Å². The zero-order valence-corrected chi connectivity index (χ0v) is 9.96. The van der Waals surface area contributed by atoms with Gasteiger partial charge in [0.05, 0.1) is 0 Å². The number of rotatable bonds is 9. The smallest absolute Gasteiger partial charge is 0.0478 e. The summed E-state index contributed by atoms with van der Waals surface area (Å²) in [7, 11) is 0. The van der Waals surface area contributed by atoms with Gasteiger partial charge in [0.2, 0.25) is 0 Å². The van der Waals surface area contributed by atoms with Gasteiger partial charge in [-0.25, -0.2) is 0 Å². The molecule has 0 amide bonds. The van der Waals surface area contributed by atoms with Gasteiger partial charge in [-0.05, 0) is 46.7 Å². The van der Waals surface area contributed by atoms with E-state index in [0.717, 1.165) is 45.7 Å². The van der Waals surface area contributed by atoms with Gasteiger partial charge in [0.25, 0.3) is 0 Å². The molecule has 0 atom stereocenters. The highest BCUT2D eigenvalue weighted by atomic mass is 16.5. The van der Waals surface area contributed by atoms with E-state index in [1.807, 2.05) is 6.92 Å². The van der Waals surface area contributed by atoms with Crippen LogP contribution in [0.2, 0.25) is 0 Å². The van der Waals surface area contributed by atoms with Gasteiger partial charge in [-0.15, -0.1) is 0 Å². The van der Waals surface area contributed by atoms with E-state index in [4.69, 9.17) is 10.5 Å². The van der Waals surface area contributed by atoms with Gasteiger partial charge in [0.15, 0.2) is 0 Å². The molecule has 0 aliphatic rings. The molecule has 0 aliphatic carbocycles. The molecule has 0 saturated carbocycles. The molecule has 0 rings (SSSR count). The van der Waals surface area contributed by atoms with Crippen LogP contribution in [-0.4, -0.2) is 43.8 Å². The third-order valence-electron chi connectivity index (χ3n) is 2.32. The first-order valence-corrected chi connectivity index (χ1v) is 5.74. The third-order valence-corrected chi connectivity index (χ3v) is 2.32. The molecular weight excluding hydrogens is 176 g/mol. The summed E-state index contributed by atoms with van der Waals surface area (Å²) in [6, 6.07) is 0.614. The lowest BCUT2D eigenvalue weighted by Gasteiger charge is -2.26. The summed E-state index contributed by atoms with van der Waals surface area (Å²) in [6.45, 7) is 11.2. The zero-order chi connectivity index (χ0) is 10.8. The van der Waals surface area contributed by atoms with Crippen LogP contribution < -0.4 is 5.73 Å². The highest BCUT2D eigenvalue weighted by Gasteiger charge is 2.07. The van der Waals surface area contributed by atoms with Crippen LogP contribution in [0.15, 0.2) is 0 Å². The van der Waals surface area contributed by atoms with E-state index in [9.17, 15) is 0 Å². The fraction of sp³-hybridized carbons (Fsp3) is 1.00. The maximum absolute atomic E-state index is 5.50. The Balaban J connectivity index is 3.52. The lowest BCUT2D eigenvalue weighted by atomic mass is 10.2. The van der Waals surface area contributed by atoms with Crippen molar-refractivity contribution in [1.82, 2.24) is 4.90 Å². The Hall–Kier alpha value is -0.120. The number of hydrogen-bond donors (Lipinski definition) is 1. The molecule has 0 saturated heterocycles. The average molecular weight is 202 g/mol. The second-order valence-corrected chi connectivity index (χ2v) is 3.82. The van der Waals surface area contributed by atoms with Crippen molar-refractivity contribution in [2.45, 2.75) is 39.7 Å². The molecule has 14 heavy (non-hydrogen) atoms. The van der Waals surface area contributed by atoms with Crippen LogP contribution >= 0.6 is 0 Å². The molecule has 0 unspecified atom stereocenters. The van der Waals surface area contributed by atoms with Crippen molar-refractivity contribution in [3.63, 3.8) is 0 Å². The monoisotopic (exact) mass is 202 g/mol. The van der Waals surface area contributed by atoms with Crippen LogP contribution in [0.4, 0.5) is 0 Å². The van der Waals surface area contributed by atoms with Gasteiger partial charge >= 0.3 is 0 Å². The minimum absolute atomic E-state index is 0.614. The molecule has 0 fully saturated rings. The molecule has 0 aromatic heterocycles. The van der Waals surface area contributed by atoms with Crippen LogP contribution in [0, 0.1) is 0 Å². The van der Waals surface area contributed by atoms with Crippen molar-refractivity contribution in [3.05, 3.63) is 0 Å². The molecule has 86 valence electrons. The predicted octanol–water partition coefficient (Wildman–Crippen LogP) is 1.47. The predicted molar refractivity (Wildman–Crippen MR) is 61.5 cm³/mol. The standard InChI is InChI=1S/C11H26N2O/c1-4-14-10-6-9-13(11(2)3)8-5-7-12/h11H,4-10,12H2,1-3H3. The van der Waals surface area contributed by atoms with Crippen molar-refractivity contribution in [3.8, 4) is 0 Å². The maximum atomic E-state index is 5.50. The Kier molecular flexibility index (Phi) is 9.35. The van der Waals surface area contributed by atoms with Crippen LogP contribution in [-0.2, 0) is 4.74 Å². The molecule has 0 aliphatic heterocycles. The van der Waals surface area contributed by atoms with Crippen LogP contribution in [0.5, 0.6) is 0 Å². The van der Waals surface area contributed by atoms with Crippen LogP contribution in [0.25, 0.3) is 0 Å². The Morgan fingerprint density at radius 1 is 1.21 bits per heavy atom. The fourth-order valence-electron chi connectivity index (χ4n) is 1.44. The molecule has 0 heterocycles. The first-order valence-electron chi connectivity index (χ1n) is 5.74. The first kappa shape index (κ1) is 13.9. The molecule has 3 nitrogen and oxygen atoms in total. The van der Waals surface area contributed by atoms with E-state index in [-0.39, 0.29) is 0 Å². The zero-order valence-electron chi connectivity index (χ0n) is 9.96. The second-order valence-electron chi connectivity index (χ2n) is 3.82. The van der Waals surface area contributed by atoms with Gasteiger partial charge in [0.1, 0.15) is 0 Å². The molecule has 0 radical (unpaired) electrons. The van der Waals surface area contributed by atoms with Crippen molar-refractivity contribution in [2.24, 2.45) is 5.73 Å². The molecule has 0 bridgehead atoms. The summed E-state index contributed by atoms with van der Waals surface area (Å²) in [5, 5.41) is 0. The highest BCUT2D eigenvalue weighted by molar-refractivity contribution is 4.62. The van der Waals surface area contributed by atoms with Gasteiger partial charge in [-0.3, -0.25) is 0 Å².